The van der Waals surface area contributed by atoms with Crippen LogP contribution in [0.1, 0.15) is 20.8 Å². The smallest absolute Gasteiger partial charge is 0.397 e. The maximum atomic E-state index is 10.4. The van der Waals surface area contributed by atoms with Crippen LogP contribution in [0.5, 0.6) is 0 Å². The van der Waals surface area contributed by atoms with Crippen LogP contribution in [0.4, 0.5) is 4.79 Å². The normalized spacial score (nSPS) is 7.76. The van der Waals surface area contributed by atoms with Crippen LogP contribution >= 0.6 is 162 Å². The van der Waals surface area contributed by atoms with Gasteiger partial charge in [-0.05, 0) is 26.3 Å². The van der Waals surface area contributed by atoms with Gasteiger partial charge in [0.1, 0.15) is 15.2 Å². The molecule has 1 amide bonds. The predicted octanol–water partition coefficient (Wildman–Crippen LogP) is 3.53. The Kier molecular flexibility index (Phi) is 135. The third kappa shape index (κ3) is 116. The third-order valence-corrected chi connectivity index (χ3v) is 1.16. The molecule has 0 atom stereocenters. The van der Waals surface area contributed by atoms with Gasteiger partial charge in [-0.1, -0.05) is 0 Å². The Labute approximate surface area is 257 Å². The lowest BCUT2D eigenvalue weighted by atomic mass is 10.2. The van der Waals surface area contributed by atoms with Crippen molar-refractivity contribution in [1.29, 1.82) is 0 Å². The Morgan fingerprint density at radius 2 is 1.07 bits per heavy atom. The van der Waals surface area contributed by atoms with Crippen molar-refractivity contribution in [3.8, 4) is 0 Å². The van der Waals surface area contributed by atoms with E-state index in [1.165, 1.54) is 0 Å². The zero-order chi connectivity index (χ0) is 14.4. The molecule has 198 valence electrons. The highest BCUT2D eigenvalue weighted by atomic mass is 32.3. The van der Waals surface area contributed by atoms with Gasteiger partial charge in [0.2, 0.25) is 0 Å². The first-order valence-electron chi connectivity index (χ1n) is 4.25. The first-order valence-corrected chi connectivity index (χ1v) is 6.92. The highest BCUT2D eigenvalue weighted by Gasteiger charge is 2.18. The molecule has 0 saturated carbocycles. The van der Waals surface area contributed by atoms with E-state index in [1.807, 2.05) is 0 Å². The van der Waals surface area contributed by atoms with Gasteiger partial charge in [0.05, 0.1) is 0 Å². The number of azide groups is 1. The fourth-order valence-corrected chi connectivity index (χ4v) is 0.319. The summed E-state index contributed by atoms with van der Waals surface area (Å²) in [5, 5.41) is 10.4. The Hall–Kier alpha value is 3.01. The summed E-state index contributed by atoms with van der Waals surface area (Å²) in [6.45, 7) is 5.08. The van der Waals surface area contributed by atoms with Crippen molar-refractivity contribution in [3.05, 3.63) is 10.4 Å². The van der Waals surface area contributed by atoms with Crippen LogP contribution in [-0.4, -0.2) is 38.2 Å². The van der Waals surface area contributed by atoms with Crippen molar-refractivity contribution in [1.82, 2.24) is 0 Å². The summed E-state index contributed by atoms with van der Waals surface area (Å²) in [7, 11) is -4.06. The number of carbonyl (C=O) groups excluding carboxylic acids is 1. The van der Waals surface area contributed by atoms with Gasteiger partial charge in [-0.2, -0.15) is 162 Å². The molecule has 0 unspecified atom stereocenters. The molecule has 0 radical (unpaired) electrons. The molecular weight excluding hydrogens is 639 g/mol. The lowest BCUT2D eigenvalue weighted by molar-refractivity contribution is -0.141. The van der Waals surface area contributed by atoms with Gasteiger partial charge in [-0.15, -0.1) is 4.33 Å². The minimum Gasteiger partial charge on any atom is -0.455 e. The zero-order valence-electron chi connectivity index (χ0n) is 16.3. The van der Waals surface area contributed by atoms with Gasteiger partial charge in [-0.3, -0.25) is 0 Å². The summed E-state index contributed by atoms with van der Waals surface area (Å²) in [5.74, 6) is 0. The lowest BCUT2D eigenvalue weighted by Gasteiger charge is -2.20. The summed E-state index contributed by atoms with van der Waals surface area (Å²) in [4.78, 5) is 12.7. The molecule has 29 heavy (non-hydrogen) atoms. The molecule has 2 N–H and O–H groups in total. The van der Waals surface area contributed by atoms with E-state index in [0.717, 1.165) is 12.5 Å². The van der Waals surface area contributed by atoms with E-state index in [-0.39, 0.29) is 162 Å². The minimum absolute atomic E-state index is 0. The highest BCUT2D eigenvalue weighted by molar-refractivity contribution is 8.09. The summed E-state index contributed by atoms with van der Waals surface area (Å²) in [5.41, 5.74) is 7.20. The number of hydrogen-bond donors (Lipinski definition) is 2. The molecule has 0 fully saturated rings. The molecule has 0 aromatic rings. The van der Waals surface area contributed by atoms with Crippen molar-refractivity contribution in [2.75, 3.05) is 12.5 Å². The quantitative estimate of drug-likeness (QED) is 0.143. The fourth-order valence-electron chi connectivity index (χ4n) is 0.319. The van der Waals surface area contributed by atoms with Crippen molar-refractivity contribution < 1.29 is 27.9 Å². The number of carbonyl (C=O) groups is 1. The average Bonchev–Trinajstić information content (AvgIpc) is 1.99. The lowest BCUT2D eigenvalue weighted by Crippen LogP contribution is -2.29. The van der Waals surface area contributed by atoms with Crippen LogP contribution in [0.3, 0.4) is 0 Å². The Morgan fingerprint density at radius 3 is 1.17 bits per heavy atom. The first-order chi connectivity index (χ1) is 7.27. The van der Waals surface area contributed by atoms with Crippen LogP contribution < -0.4 is 0 Å². The Bertz CT molecular complexity index is 388. The zero-order valence-corrected chi connectivity index (χ0v) is 29.1. The molecule has 22 heteroatoms. The van der Waals surface area contributed by atoms with Gasteiger partial charge in [0.25, 0.3) is 0 Å². The van der Waals surface area contributed by atoms with Crippen molar-refractivity contribution in [2.45, 2.75) is 26.4 Å². The number of nitrogens with zero attached hydrogens (tertiary/aromatic N) is 3. The molecule has 0 bridgehead atoms. The second-order valence-electron chi connectivity index (χ2n) is 4.40. The van der Waals surface area contributed by atoms with E-state index in [4.69, 9.17) is 15.3 Å². The molecule has 0 saturated heterocycles. The van der Waals surface area contributed by atoms with E-state index < -0.39 is 21.3 Å². The van der Waals surface area contributed by atoms with Gasteiger partial charge >= 0.3 is 6.09 Å². The fraction of sp³-hybridized carbons (Fsp3) is 0.857. The Morgan fingerprint density at radius 1 is 0.862 bits per heavy atom. The van der Waals surface area contributed by atoms with Crippen LogP contribution in [0.2, 0.25) is 0 Å². The SMILES string of the molecule is CC(C)(C)OC(=O)N=[N+]=[N-].CS(C)(=O)(O)OO.S.S.S.S.S.S.S.S.S.S.S.S. The van der Waals surface area contributed by atoms with Gasteiger partial charge in [-0.25, -0.2) is 14.3 Å². The van der Waals surface area contributed by atoms with E-state index >= 15 is 0 Å². The summed E-state index contributed by atoms with van der Waals surface area (Å²) in [6, 6.07) is 0. The number of rotatable bonds is 1. The molecule has 0 spiro atoms. The van der Waals surface area contributed by atoms with Crippen molar-refractivity contribution in [3.63, 3.8) is 0 Å². The molecule has 0 aliphatic rings. The van der Waals surface area contributed by atoms with Crippen LogP contribution in [-0.2, 0) is 18.7 Å². The van der Waals surface area contributed by atoms with Gasteiger partial charge in [0, 0.05) is 22.5 Å². The van der Waals surface area contributed by atoms with Crippen molar-refractivity contribution >= 4 is 178 Å². The molecule has 0 aliphatic carbocycles. The summed E-state index contributed by atoms with van der Waals surface area (Å²) >= 11 is 0. The second kappa shape index (κ2) is 41.3. The number of hydrogen-bond acceptors (Lipinski definition) is 5. The van der Waals surface area contributed by atoms with Crippen LogP contribution in [0.15, 0.2) is 5.11 Å². The Balaban J connectivity index is -0.00000000933. The van der Waals surface area contributed by atoms with Crippen molar-refractivity contribution in [2.24, 2.45) is 5.11 Å². The third-order valence-electron chi connectivity index (χ3n) is 0.733. The molecule has 0 aromatic carbocycles. The molecule has 9 nitrogen and oxygen atoms in total. The van der Waals surface area contributed by atoms with E-state index in [0.29, 0.717) is 0 Å². The van der Waals surface area contributed by atoms with E-state index in [2.05, 4.69) is 19.1 Å². The summed E-state index contributed by atoms with van der Waals surface area (Å²) < 4.78 is 26.5. The molecule has 0 aliphatic heterocycles. The standard InChI is InChI=1S/C5H9N3O2.C2H8O4S.12H2S/c1-5(2,3)10-4(9)7-8-6;1-7(2,4,5)6-3;;;;;;;;;;;;/h1-3H3;3H,1-2H3,(H,4,5);12*1H2. The maximum absolute atomic E-state index is 10.4. The monoisotopic (exact) mass is 679 g/mol. The molecule has 0 rings (SSSR count). The average molecular weight is 680 g/mol. The maximum Gasteiger partial charge on any atom is 0.397 e. The van der Waals surface area contributed by atoms with Crippen LogP contribution in [0.25, 0.3) is 10.4 Å². The highest BCUT2D eigenvalue weighted by Crippen LogP contribution is 2.09. The topological polar surface area (TPSA) is 142 Å². The molecule has 0 heterocycles. The van der Waals surface area contributed by atoms with Crippen LogP contribution in [0, 0.1) is 0 Å². The van der Waals surface area contributed by atoms with E-state index in [9.17, 15) is 9.00 Å². The largest absolute Gasteiger partial charge is 0.455 e. The van der Waals surface area contributed by atoms with Gasteiger partial charge in [0.15, 0.2) is 0 Å². The minimum atomic E-state index is -4.06. The van der Waals surface area contributed by atoms with Gasteiger partial charge < -0.3 is 9.29 Å². The second-order valence-corrected chi connectivity index (χ2v) is 7.86. The number of ether oxygens (including phenoxy) is 1. The predicted molar refractivity (Wildman–Crippen MR) is 186 cm³/mol. The first kappa shape index (κ1) is 94.9. The summed E-state index contributed by atoms with van der Waals surface area (Å²) in [6.07, 6.45) is 0.906. The number of amides is 1. The van der Waals surface area contributed by atoms with E-state index in [1.54, 1.807) is 20.8 Å². The molecular formula is C7H41N3O6S13. The molecule has 0 aromatic heterocycles.